The average Bonchev–Trinajstić information content (AvgIpc) is 2.75. The molecule has 0 radical (unpaired) electrons. The Kier molecular flexibility index (Phi) is 7.12. The number of nitrogens with zero attached hydrogens (tertiary/aromatic N) is 1. The number of nitrogens with two attached hydrogens (primary N) is 1. The van der Waals surface area contributed by atoms with Crippen molar-refractivity contribution in [1.29, 1.82) is 0 Å². The number of benzene rings is 2. The Morgan fingerprint density at radius 2 is 1.94 bits per heavy atom. The van der Waals surface area contributed by atoms with Gasteiger partial charge in [-0.2, -0.15) is 13.2 Å². The number of nitrogens with one attached hydrogen (secondary N) is 2. The molecule has 1 aliphatic heterocycles. The van der Waals surface area contributed by atoms with E-state index in [1.165, 1.54) is 18.2 Å². The highest BCUT2D eigenvalue weighted by molar-refractivity contribution is 5.98. The molecule has 3 rings (SSSR count). The molecule has 2 aromatic rings. The maximum Gasteiger partial charge on any atom is 0.415 e. The van der Waals surface area contributed by atoms with Crippen LogP contribution in [0, 0.1) is 5.82 Å². The molecule has 0 amide bonds. The highest BCUT2D eigenvalue weighted by Gasteiger charge is 2.32. The van der Waals surface area contributed by atoms with Gasteiger partial charge in [0.1, 0.15) is 11.6 Å². The minimum absolute atomic E-state index is 0.0616. The molecule has 32 heavy (non-hydrogen) atoms. The number of halogens is 4. The van der Waals surface area contributed by atoms with Crippen LogP contribution in [0.2, 0.25) is 0 Å². The average molecular weight is 446 g/mol. The fraction of sp³-hybridized carbons (Fsp3) is 0.174. The molecule has 1 aliphatic rings. The zero-order valence-corrected chi connectivity index (χ0v) is 17.2. The van der Waals surface area contributed by atoms with E-state index in [1.807, 2.05) is 0 Å². The van der Waals surface area contributed by atoms with Gasteiger partial charge in [-0.25, -0.2) is 4.39 Å². The first-order valence-corrected chi connectivity index (χ1v) is 9.67. The van der Waals surface area contributed by atoms with E-state index in [1.54, 1.807) is 43.3 Å². The predicted molar refractivity (Wildman–Crippen MR) is 115 cm³/mol. The summed E-state index contributed by atoms with van der Waals surface area (Å²) in [6, 6.07) is 12.6. The number of rotatable bonds is 4. The normalized spacial score (nSPS) is 19.1. The number of hydrazone groups is 1. The number of alkyl halides is 3. The maximum absolute atomic E-state index is 13.9. The minimum Gasteiger partial charge on any atom is -0.436 e. The summed E-state index contributed by atoms with van der Waals surface area (Å²) in [5, 5.41) is 7.04. The highest BCUT2D eigenvalue weighted by Crippen LogP contribution is 2.32. The maximum atomic E-state index is 13.9. The third-order valence-corrected chi connectivity index (χ3v) is 4.68. The fourth-order valence-corrected chi connectivity index (χ4v) is 3.08. The first-order valence-electron chi connectivity index (χ1n) is 9.67. The lowest BCUT2D eigenvalue weighted by Crippen LogP contribution is -2.38. The first kappa shape index (κ1) is 23.2. The van der Waals surface area contributed by atoms with Crippen LogP contribution in [0.4, 0.5) is 17.6 Å². The van der Waals surface area contributed by atoms with Crippen molar-refractivity contribution >= 4 is 11.5 Å². The summed E-state index contributed by atoms with van der Waals surface area (Å²) in [5.41, 5.74) is 9.37. The molecule has 0 fully saturated rings. The quantitative estimate of drug-likeness (QED) is 0.361. The Hall–Kier alpha value is -3.43. The van der Waals surface area contributed by atoms with E-state index >= 15 is 0 Å². The minimum atomic E-state index is -4.65. The highest BCUT2D eigenvalue weighted by atomic mass is 19.4. The molecule has 1 atom stereocenters. The summed E-state index contributed by atoms with van der Waals surface area (Å²) in [7, 11) is 0. The molecule has 0 saturated heterocycles. The smallest absolute Gasteiger partial charge is 0.415 e. The molecule has 1 unspecified atom stereocenters. The zero-order chi connectivity index (χ0) is 23.3. The molecule has 0 aromatic heterocycles. The van der Waals surface area contributed by atoms with E-state index < -0.39 is 23.7 Å². The Bertz CT molecular complexity index is 1080. The van der Waals surface area contributed by atoms with Crippen molar-refractivity contribution in [1.82, 2.24) is 10.7 Å². The number of hydrogen-bond acceptors (Lipinski definition) is 5. The summed E-state index contributed by atoms with van der Waals surface area (Å²) < 4.78 is 59.6. The lowest BCUT2D eigenvalue weighted by atomic mass is 10.0. The summed E-state index contributed by atoms with van der Waals surface area (Å²) in [4.78, 5) is 0. The molecule has 0 spiro atoms. The van der Waals surface area contributed by atoms with Crippen molar-refractivity contribution in [2.75, 3.05) is 6.67 Å². The monoisotopic (exact) mass is 446 g/mol. The van der Waals surface area contributed by atoms with Crippen LogP contribution in [0.1, 0.15) is 29.8 Å². The number of fused-ring (bicyclic) bond motifs is 1. The van der Waals surface area contributed by atoms with Crippen LogP contribution >= 0.6 is 0 Å². The second-order valence-electron chi connectivity index (χ2n) is 6.87. The molecule has 2 aromatic carbocycles. The van der Waals surface area contributed by atoms with Gasteiger partial charge in [0.15, 0.2) is 0 Å². The molecular weight excluding hydrogens is 424 g/mol. The molecule has 0 bridgehead atoms. The topological polar surface area (TPSA) is 71.7 Å². The van der Waals surface area contributed by atoms with Crippen molar-refractivity contribution in [3.8, 4) is 0 Å². The van der Waals surface area contributed by atoms with E-state index in [2.05, 4.69) is 22.4 Å². The molecule has 0 saturated carbocycles. The molecule has 5 nitrogen and oxygen atoms in total. The van der Waals surface area contributed by atoms with Crippen LogP contribution in [-0.2, 0) is 4.74 Å². The van der Waals surface area contributed by atoms with Crippen molar-refractivity contribution < 1.29 is 22.3 Å². The van der Waals surface area contributed by atoms with Gasteiger partial charge >= 0.3 is 6.18 Å². The molecule has 9 heteroatoms. The van der Waals surface area contributed by atoms with Gasteiger partial charge < -0.3 is 10.5 Å². The summed E-state index contributed by atoms with van der Waals surface area (Å²) in [6.07, 6.45) is -2.97. The van der Waals surface area contributed by atoms with Crippen molar-refractivity contribution in [2.24, 2.45) is 10.8 Å². The summed E-state index contributed by atoms with van der Waals surface area (Å²) in [5.74, 6) is -0.707. The van der Waals surface area contributed by atoms with Gasteiger partial charge in [-0.1, -0.05) is 43.0 Å². The summed E-state index contributed by atoms with van der Waals surface area (Å²) >= 11 is 0. The third-order valence-electron chi connectivity index (χ3n) is 4.68. The molecular formula is C23H22F4N4O. The van der Waals surface area contributed by atoms with Crippen molar-refractivity contribution in [3.05, 3.63) is 101 Å². The van der Waals surface area contributed by atoms with Gasteiger partial charge in [0.25, 0.3) is 0 Å². The largest absolute Gasteiger partial charge is 0.436 e. The Balaban J connectivity index is 2.11. The second kappa shape index (κ2) is 9.80. The Morgan fingerprint density at radius 3 is 2.59 bits per heavy atom. The summed E-state index contributed by atoms with van der Waals surface area (Å²) in [6.45, 7) is 4.94. The number of allylic oxidation sites excluding steroid dienone is 4. The van der Waals surface area contributed by atoms with Crippen LogP contribution < -0.4 is 16.5 Å². The van der Waals surface area contributed by atoms with E-state index in [4.69, 9.17) is 10.5 Å². The molecule has 168 valence electrons. The first-order chi connectivity index (χ1) is 15.2. The lowest BCUT2D eigenvalue weighted by Gasteiger charge is -2.23. The van der Waals surface area contributed by atoms with E-state index in [9.17, 15) is 17.6 Å². The van der Waals surface area contributed by atoms with Gasteiger partial charge in [0.2, 0.25) is 5.90 Å². The standard InChI is InChI=1S/C23H22F4N4O/c1-3-17(15-7-5-4-6-8-15)20(11-14(2)23(25,26)27)32-22-18-10-9-16(24)12-19(18)21(28)29-13-30-31-22/h3-12,21,29-30H,2,13,28H2,1H3/b17-3-,20-11+,31-22+. The van der Waals surface area contributed by atoms with E-state index in [0.717, 1.165) is 6.08 Å². The fourth-order valence-electron chi connectivity index (χ4n) is 3.08. The molecule has 0 aliphatic carbocycles. The van der Waals surface area contributed by atoms with Crippen LogP contribution in [0.25, 0.3) is 5.57 Å². The zero-order valence-electron chi connectivity index (χ0n) is 17.2. The third kappa shape index (κ3) is 5.43. The van der Waals surface area contributed by atoms with E-state index in [0.29, 0.717) is 22.3 Å². The second-order valence-corrected chi connectivity index (χ2v) is 6.87. The Morgan fingerprint density at radius 1 is 1.22 bits per heavy atom. The van der Waals surface area contributed by atoms with Gasteiger partial charge in [-0.3, -0.25) is 10.7 Å². The number of hydrogen-bond donors (Lipinski definition) is 3. The van der Waals surface area contributed by atoms with Gasteiger partial charge in [0, 0.05) is 11.1 Å². The van der Waals surface area contributed by atoms with Crippen LogP contribution in [0.3, 0.4) is 0 Å². The van der Waals surface area contributed by atoms with Gasteiger partial charge in [-0.15, -0.1) is 5.10 Å². The van der Waals surface area contributed by atoms with Crippen LogP contribution in [0.5, 0.6) is 0 Å². The Labute approximate surface area is 183 Å². The van der Waals surface area contributed by atoms with Crippen LogP contribution in [0.15, 0.2) is 83.7 Å². The lowest BCUT2D eigenvalue weighted by molar-refractivity contribution is -0.0880. The predicted octanol–water partition coefficient (Wildman–Crippen LogP) is 4.72. The number of ether oxygens (including phenoxy) is 1. The SMILES string of the molecule is C=C(/C=C(O/C1=N/NCNC(N)c2cc(F)ccc21)\C(=C/C)c1ccccc1)C(F)(F)F. The van der Waals surface area contributed by atoms with Crippen LogP contribution in [-0.4, -0.2) is 18.7 Å². The van der Waals surface area contributed by atoms with Gasteiger partial charge in [0.05, 0.1) is 18.4 Å². The molecule has 1 heterocycles. The van der Waals surface area contributed by atoms with Crippen molar-refractivity contribution in [2.45, 2.75) is 19.3 Å². The van der Waals surface area contributed by atoms with Gasteiger partial charge in [-0.05, 0) is 42.3 Å². The van der Waals surface area contributed by atoms with E-state index in [-0.39, 0.29) is 18.3 Å². The molecule has 4 N–H and O–H groups in total. The van der Waals surface area contributed by atoms with Crippen molar-refractivity contribution in [3.63, 3.8) is 0 Å².